The first-order valence-electron chi connectivity index (χ1n) is 5.77. The van der Waals surface area contributed by atoms with Crippen LogP contribution in [0.25, 0.3) is 0 Å². The summed E-state index contributed by atoms with van der Waals surface area (Å²) in [7, 11) is 0. The Bertz CT molecular complexity index is 201. The standard InChI is InChI=1S/C11H22N2O2/c1-8(2)10(7-14)13-11(15)9-3-5-12-6-4-9/h8-10,12,14H,3-7H2,1-2H3,(H,13,15)/t10-/m1/s1. The fourth-order valence-electron chi connectivity index (χ4n) is 1.81. The number of rotatable bonds is 4. The molecule has 0 aliphatic carbocycles. The Hall–Kier alpha value is -0.610. The van der Waals surface area contributed by atoms with Gasteiger partial charge in [0.15, 0.2) is 0 Å². The average Bonchev–Trinajstić information content (AvgIpc) is 2.26. The highest BCUT2D eigenvalue weighted by Crippen LogP contribution is 2.12. The summed E-state index contributed by atoms with van der Waals surface area (Å²) in [6.07, 6.45) is 1.81. The molecular formula is C11H22N2O2. The van der Waals surface area contributed by atoms with Gasteiger partial charge in [-0.15, -0.1) is 0 Å². The molecule has 0 aromatic heterocycles. The lowest BCUT2D eigenvalue weighted by atomic mass is 9.96. The number of aliphatic hydroxyl groups excluding tert-OH is 1. The molecule has 1 fully saturated rings. The number of aliphatic hydroxyl groups is 1. The zero-order valence-corrected chi connectivity index (χ0v) is 9.62. The van der Waals surface area contributed by atoms with E-state index in [0.717, 1.165) is 25.9 Å². The molecule has 4 heteroatoms. The van der Waals surface area contributed by atoms with Crippen LogP contribution in [0, 0.1) is 11.8 Å². The molecule has 0 aromatic carbocycles. The minimum atomic E-state index is -0.104. The lowest BCUT2D eigenvalue weighted by molar-refractivity contribution is -0.127. The summed E-state index contributed by atoms with van der Waals surface area (Å²) >= 11 is 0. The monoisotopic (exact) mass is 214 g/mol. The van der Waals surface area contributed by atoms with E-state index in [0.29, 0.717) is 0 Å². The summed E-state index contributed by atoms with van der Waals surface area (Å²) in [5, 5.41) is 15.3. The third-order valence-electron chi connectivity index (χ3n) is 3.04. The Morgan fingerprint density at radius 2 is 2.07 bits per heavy atom. The summed E-state index contributed by atoms with van der Waals surface area (Å²) in [6, 6.07) is -0.104. The molecule has 0 saturated carbocycles. The third kappa shape index (κ3) is 3.80. The van der Waals surface area contributed by atoms with E-state index in [1.165, 1.54) is 0 Å². The van der Waals surface area contributed by atoms with E-state index in [1.54, 1.807) is 0 Å². The first kappa shape index (κ1) is 12.5. The zero-order valence-electron chi connectivity index (χ0n) is 9.62. The van der Waals surface area contributed by atoms with Crippen LogP contribution in [0.2, 0.25) is 0 Å². The van der Waals surface area contributed by atoms with E-state index < -0.39 is 0 Å². The van der Waals surface area contributed by atoms with Crippen LogP contribution < -0.4 is 10.6 Å². The smallest absolute Gasteiger partial charge is 0.223 e. The molecule has 15 heavy (non-hydrogen) atoms. The molecule has 1 rings (SSSR count). The third-order valence-corrected chi connectivity index (χ3v) is 3.04. The fraction of sp³-hybridized carbons (Fsp3) is 0.909. The van der Waals surface area contributed by atoms with Crippen molar-refractivity contribution < 1.29 is 9.90 Å². The van der Waals surface area contributed by atoms with E-state index in [1.807, 2.05) is 13.8 Å². The molecule has 3 N–H and O–H groups in total. The van der Waals surface area contributed by atoms with Crippen molar-refractivity contribution in [2.24, 2.45) is 11.8 Å². The van der Waals surface area contributed by atoms with Gasteiger partial charge in [-0.05, 0) is 31.8 Å². The molecule has 4 nitrogen and oxygen atoms in total. The Labute approximate surface area is 91.4 Å². The largest absolute Gasteiger partial charge is 0.394 e. The lowest BCUT2D eigenvalue weighted by Crippen LogP contribution is -2.46. The van der Waals surface area contributed by atoms with E-state index >= 15 is 0 Å². The molecule has 0 unspecified atom stereocenters. The minimum absolute atomic E-state index is 0.0222. The molecule has 0 aromatic rings. The second-order valence-electron chi connectivity index (χ2n) is 4.57. The second-order valence-corrected chi connectivity index (χ2v) is 4.57. The molecule has 1 heterocycles. The van der Waals surface area contributed by atoms with Crippen molar-refractivity contribution in [1.82, 2.24) is 10.6 Å². The van der Waals surface area contributed by atoms with Crippen molar-refractivity contribution in [2.75, 3.05) is 19.7 Å². The van der Waals surface area contributed by atoms with Crippen molar-refractivity contribution in [3.63, 3.8) is 0 Å². The molecule has 0 radical (unpaired) electrons. The lowest BCUT2D eigenvalue weighted by Gasteiger charge is -2.26. The fourth-order valence-corrected chi connectivity index (χ4v) is 1.81. The van der Waals surface area contributed by atoms with Crippen molar-refractivity contribution >= 4 is 5.91 Å². The van der Waals surface area contributed by atoms with Crippen molar-refractivity contribution in [1.29, 1.82) is 0 Å². The Kier molecular flexibility index (Phi) is 5.05. The van der Waals surface area contributed by atoms with Gasteiger partial charge in [0.1, 0.15) is 0 Å². The Balaban J connectivity index is 2.38. The van der Waals surface area contributed by atoms with Crippen molar-refractivity contribution in [3.8, 4) is 0 Å². The molecule has 1 saturated heterocycles. The van der Waals surface area contributed by atoms with Crippen molar-refractivity contribution in [2.45, 2.75) is 32.7 Å². The normalized spacial score (nSPS) is 20.3. The highest BCUT2D eigenvalue weighted by Gasteiger charge is 2.23. The van der Waals surface area contributed by atoms with Gasteiger partial charge in [-0.2, -0.15) is 0 Å². The van der Waals surface area contributed by atoms with Gasteiger partial charge in [-0.25, -0.2) is 0 Å². The maximum absolute atomic E-state index is 11.8. The number of piperidine rings is 1. The van der Waals surface area contributed by atoms with Crippen LogP contribution >= 0.6 is 0 Å². The van der Waals surface area contributed by atoms with E-state index in [9.17, 15) is 4.79 Å². The van der Waals surface area contributed by atoms with Gasteiger partial charge < -0.3 is 15.7 Å². The highest BCUT2D eigenvalue weighted by atomic mass is 16.3. The van der Waals surface area contributed by atoms with Gasteiger partial charge in [0.2, 0.25) is 5.91 Å². The quantitative estimate of drug-likeness (QED) is 0.623. The van der Waals surface area contributed by atoms with E-state index in [-0.39, 0.29) is 30.4 Å². The topological polar surface area (TPSA) is 61.4 Å². The number of carbonyl (C=O) groups is 1. The maximum atomic E-state index is 11.8. The van der Waals surface area contributed by atoms with E-state index in [2.05, 4.69) is 10.6 Å². The first-order chi connectivity index (χ1) is 7.15. The van der Waals surface area contributed by atoms with E-state index in [4.69, 9.17) is 5.11 Å². The second kappa shape index (κ2) is 6.08. The molecule has 88 valence electrons. The number of carbonyl (C=O) groups excluding carboxylic acids is 1. The van der Waals surface area contributed by atoms with Gasteiger partial charge >= 0.3 is 0 Å². The molecule has 1 atom stereocenters. The Morgan fingerprint density at radius 3 is 2.53 bits per heavy atom. The van der Waals surface area contributed by atoms with Gasteiger partial charge in [-0.1, -0.05) is 13.8 Å². The minimum Gasteiger partial charge on any atom is -0.394 e. The predicted molar refractivity (Wildman–Crippen MR) is 59.4 cm³/mol. The molecule has 0 bridgehead atoms. The first-order valence-corrected chi connectivity index (χ1v) is 5.77. The summed E-state index contributed by atoms with van der Waals surface area (Å²) in [4.78, 5) is 11.8. The number of hydrogen-bond acceptors (Lipinski definition) is 3. The van der Waals surface area contributed by atoms with Crippen LogP contribution in [-0.4, -0.2) is 36.8 Å². The zero-order chi connectivity index (χ0) is 11.3. The van der Waals surface area contributed by atoms with Crippen molar-refractivity contribution in [3.05, 3.63) is 0 Å². The van der Waals surface area contributed by atoms with Crippen LogP contribution in [0.15, 0.2) is 0 Å². The molecule has 1 aliphatic rings. The molecular weight excluding hydrogens is 192 g/mol. The predicted octanol–water partition coefficient (Wildman–Crippen LogP) is 0.119. The van der Waals surface area contributed by atoms with Crippen LogP contribution in [-0.2, 0) is 4.79 Å². The summed E-state index contributed by atoms with van der Waals surface area (Å²) in [5.74, 6) is 0.504. The van der Waals surface area contributed by atoms with Gasteiger partial charge in [-0.3, -0.25) is 4.79 Å². The van der Waals surface area contributed by atoms with Gasteiger partial charge in [0.25, 0.3) is 0 Å². The van der Waals surface area contributed by atoms with Crippen LogP contribution in [0.3, 0.4) is 0 Å². The van der Waals surface area contributed by atoms with Crippen LogP contribution in [0.1, 0.15) is 26.7 Å². The SMILES string of the molecule is CC(C)[C@@H](CO)NC(=O)C1CCNCC1. The van der Waals surface area contributed by atoms with Crippen LogP contribution in [0.4, 0.5) is 0 Å². The highest BCUT2D eigenvalue weighted by molar-refractivity contribution is 5.79. The molecule has 1 aliphatic heterocycles. The summed E-state index contributed by atoms with van der Waals surface area (Å²) < 4.78 is 0. The Morgan fingerprint density at radius 1 is 1.47 bits per heavy atom. The number of nitrogens with one attached hydrogen (secondary N) is 2. The molecule has 1 amide bonds. The number of hydrogen-bond donors (Lipinski definition) is 3. The summed E-state index contributed by atoms with van der Waals surface area (Å²) in [5.41, 5.74) is 0. The maximum Gasteiger partial charge on any atom is 0.223 e. The molecule has 0 spiro atoms. The summed E-state index contributed by atoms with van der Waals surface area (Å²) in [6.45, 7) is 5.87. The van der Waals surface area contributed by atoms with Gasteiger partial charge in [0.05, 0.1) is 12.6 Å². The number of amides is 1. The van der Waals surface area contributed by atoms with Crippen LogP contribution in [0.5, 0.6) is 0 Å². The van der Waals surface area contributed by atoms with Gasteiger partial charge in [0, 0.05) is 5.92 Å². The average molecular weight is 214 g/mol.